The zero-order chi connectivity index (χ0) is 53.7. The number of methoxy groups -OCH3 is 5. The van der Waals surface area contributed by atoms with Crippen molar-refractivity contribution in [3.05, 3.63) is 154 Å². The first kappa shape index (κ1) is 52.6. The van der Waals surface area contributed by atoms with Crippen LogP contribution in [0.4, 0.5) is 10.5 Å². The highest BCUT2D eigenvalue weighted by atomic mass is 16.6. The smallest absolute Gasteiger partial charge is 0.421 e. The van der Waals surface area contributed by atoms with Crippen molar-refractivity contribution < 1.29 is 71.8 Å². The molecule has 5 aromatic carbocycles. The monoisotopic (exact) mass is 1040 g/mol. The topological polar surface area (TPSA) is 206 Å². The molecule has 3 amide bonds. The second-order valence-electron chi connectivity index (χ2n) is 18.5. The normalized spacial score (nSPS) is 21.4. The fourth-order valence-electron chi connectivity index (χ4n) is 11.2. The molecule has 0 aromatic heterocycles. The summed E-state index contributed by atoms with van der Waals surface area (Å²) in [5, 5.41) is 9.90. The third kappa shape index (κ3) is 9.46. The van der Waals surface area contributed by atoms with E-state index in [0.717, 1.165) is 30.2 Å². The molecule has 18 heteroatoms. The molecule has 2 saturated heterocycles. The van der Waals surface area contributed by atoms with Gasteiger partial charge in [0.05, 0.1) is 65.3 Å². The first-order valence-electron chi connectivity index (χ1n) is 24.7. The van der Waals surface area contributed by atoms with Crippen molar-refractivity contribution in [2.24, 2.45) is 11.8 Å². The minimum absolute atomic E-state index is 0.00275. The zero-order valence-electron chi connectivity index (χ0n) is 42.6. The Morgan fingerprint density at radius 2 is 1.42 bits per heavy atom. The predicted octanol–water partition coefficient (Wildman–Crippen LogP) is 5.81. The molecule has 4 aliphatic rings. The molecule has 6 atom stereocenters. The van der Waals surface area contributed by atoms with Crippen LogP contribution in [0.5, 0.6) is 17.2 Å². The van der Waals surface area contributed by atoms with Crippen LogP contribution >= 0.6 is 0 Å². The van der Waals surface area contributed by atoms with Crippen LogP contribution < -0.4 is 19.1 Å². The molecule has 9 rings (SSSR count). The fraction of sp³-hybridized carbons (Fsp3) is 0.345. The van der Waals surface area contributed by atoms with E-state index >= 15 is 14.4 Å². The van der Waals surface area contributed by atoms with Crippen molar-refractivity contribution in [2.45, 2.75) is 49.0 Å². The van der Waals surface area contributed by atoms with Gasteiger partial charge in [-0.05, 0) is 82.3 Å². The molecule has 1 N–H and O–H groups in total. The molecule has 6 unspecified atom stereocenters. The maximum atomic E-state index is 16.7. The zero-order valence-corrected chi connectivity index (χ0v) is 42.6. The van der Waals surface area contributed by atoms with E-state index in [2.05, 4.69) is 11.8 Å². The standard InChI is InChI=1S/C58H57N3O15/c1-69-28-29-75-57(68)60-44-23-22-35(14-12-21-42(53(64)72-4)54(65)73-5)30-43(44)58(56(60)67)47(52(63)59-25-24-38-32-45(70-2)46(71-3)33-40(38)34-59)49-55(66)76-50(37-17-10-7-11-18-37)48(36-15-8-6-9-16-36)61(49)51(58)39-19-13-20-41(31-39)74-27-26-62/h6-11,13,15-20,22-23,30-33,42,47-51,62H,21,24-29,34H2,1-5H3. The molecule has 0 bridgehead atoms. The molecule has 5 aromatic rings. The van der Waals surface area contributed by atoms with Crippen molar-refractivity contribution in [3.63, 3.8) is 0 Å². The first-order valence-corrected chi connectivity index (χ1v) is 24.7. The van der Waals surface area contributed by atoms with Crippen LogP contribution in [0.3, 0.4) is 0 Å². The van der Waals surface area contributed by atoms with Crippen molar-refractivity contribution in [3.8, 4) is 29.1 Å². The van der Waals surface area contributed by atoms with Gasteiger partial charge in [0.15, 0.2) is 17.4 Å². The van der Waals surface area contributed by atoms with Crippen LogP contribution in [-0.2, 0) is 66.0 Å². The lowest BCUT2D eigenvalue weighted by atomic mass is 9.64. The number of benzene rings is 5. The number of imide groups is 1. The largest absolute Gasteiger partial charge is 0.493 e. The molecule has 4 aliphatic heterocycles. The molecule has 76 heavy (non-hydrogen) atoms. The number of cyclic esters (lactones) is 1. The molecule has 394 valence electrons. The molecular weight excluding hydrogens is 979 g/mol. The lowest BCUT2D eigenvalue weighted by Gasteiger charge is -2.46. The van der Waals surface area contributed by atoms with Crippen molar-refractivity contribution in [1.29, 1.82) is 0 Å². The number of aliphatic hydroxyl groups is 1. The maximum Gasteiger partial charge on any atom is 0.421 e. The second kappa shape index (κ2) is 22.7. The van der Waals surface area contributed by atoms with Crippen molar-refractivity contribution in [2.75, 3.05) is 73.4 Å². The summed E-state index contributed by atoms with van der Waals surface area (Å²) in [6.45, 7) is -0.416. The Labute approximate surface area is 439 Å². The predicted molar refractivity (Wildman–Crippen MR) is 272 cm³/mol. The number of hydrogen-bond donors (Lipinski definition) is 1. The lowest BCUT2D eigenvalue weighted by molar-refractivity contribution is -0.179. The number of carbonyl (C=O) groups excluding carboxylic acids is 6. The summed E-state index contributed by atoms with van der Waals surface area (Å²) in [7, 11) is 6.78. The van der Waals surface area contributed by atoms with Gasteiger partial charge >= 0.3 is 24.0 Å². The summed E-state index contributed by atoms with van der Waals surface area (Å²) in [4.78, 5) is 93.6. The Morgan fingerprint density at radius 3 is 2.08 bits per heavy atom. The number of aliphatic hydroxyl groups excluding tert-OH is 1. The van der Waals surface area contributed by atoms with Gasteiger partial charge in [0.2, 0.25) is 11.8 Å². The summed E-state index contributed by atoms with van der Waals surface area (Å²) >= 11 is 0. The number of esters is 3. The second-order valence-corrected chi connectivity index (χ2v) is 18.5. The number of anilines is 1. The van der Waals surface area contributed by atoms with Gasteiger partial charge in [-0.25, -0.2) is 9.69 Å². The molecule has 2 fully saturated rings. The Kier molecular flexibility index (Phi) is 15.7. The first-order chi connectivity index (χ1) is 36.9. The number of amides is 3. The third-order valence-corrected chi connectivity index (χ3v) is 14.5. The number of hydrogen-bond acceptors (Lipinski definition) is 16. The highest BCUT2D eigenvalue weighted by Gasteiger charge is 2.76. The maximum absolute atomic E-state index is 16.7. The van der Waals surface area contributed by atoms with Crippen LogP contribution in [0.25, 0.3) is 0 Å². The van der Waals surface area contributed by atoms with Gasteiger partial charge in [0, 0.05) is 32.2 Å². The third-order valence-electron chi connectivity index (χ3n) is 14.5. The van der Waals surface area contributed by atoms with Crippen LogP contribution in [0.1, 0.15) is 63.6 Å². The highest BCUT2D eigenvalue weighted by molar-refractivity contribution is 6.23. The van der Waals surface area contributed by atoms with Crippen LogP contribution in [0.2, 0.25) is 0 Å². The quantitative estimate of drug-likeness (QED) is 0.0432. The molecule has 0 radical (unpaired) electrons. The van der Waals surface area contributed by atoms with Gasteiger partial charge in [-0.15, -0.1) is 0 Å². The van der Waals surface area contributed by atoms with E-state index in [0.29, 0.717) is 40.4 Å². The number of nitrogens with zero attached hydrogens (tertiary/aromatic N) is 3. The van der Waals surface area contributed by atoms with Crippen LogP contribution in [-0.4, -0.2) is 125 Å². The lowest BCUT2D eigenvalue weighted by Crippen LogP contribution is -2.57. The number of carbonyl (C=O) groups is 6. The average molecular weight is 1040 g/mol. The van der Waals surface area contributed by atoms with E-state index in [1.54, 1.807) is 54.5 Å². The van der Waals surface area contributed by atoms with E-state index in [4.69, 9.17) is 37.9 Å². The summed E-state index contributed by atoms with van der Waals surface area (Å²) in [6, 6.07) is 30.1. The van der Waals surface area contributed by atoms with Crippen molar-refractivity contribution in [1.82, 2.24) is 9.80 Å². The highest BCUT2D eigenvalue weighted by Crippen LogP contribution is 2.66. The van der Waals surface area contributed by atoms with Gasteiger partial charge in [0.1, 0.15) is 36.5 Å². The average Bonchev–Trinajstić information content (AvgIpc) is 3.94. The van der Waals surface area contributed by atoms with Crippen molar-refractivity contribution >= 4 is 41.5 Å². The number of morpholine rings is 1. The molecule has 4 heterocycles. The summed E-state index contributed by atoms with van der Waals surface area (Å²) in [5.41, 5.74) is 1.69. The van der Waals surface area contributed by atoms with Crippen LogP contribution in [0, 0.1) is 23.7 Å². The van der Waals surface area contributed by atoms with E-state index < -0.39 is 77.3 Å². The summed E-state index contributed by atoms with van der Waals surface area (Å²) in [5.74, 6) is 0.233. The Hall–Kier alpha value is -8.24. The molecular formula is C58H57N3O15. The fourth-order valence-corrected chi connectivity index (χ4v) is 11.2. The van der Waals surface area contributed by atoms with Gasteiger partial charge in [-0.1, -0.05) is 84.6 Å². The number of fused-ring (bicyclic) bond motifs is 4. The molecule has 0 aliphatic carbocycles. The minimum Gasteiger partial charge on any atom is -0.493 e. The summed E-state index contributed by atoms with van der Waals surface area (Å²) in [6.07, 6.45) is -2.00. The van der Waals surface area contributed by atoms with Crippen LogP contribution in [0.15, 0.2) is 115 Å². The molecule has 0 saturated carbocycles. The van der Waals surface area contributed by atoms with Gasteiger partial charge in [0.25, 0.3) is 0 Å². The van der Waals surface area contributed by atoms with E-state index in [-0.39, 0.29) is 62.8 Å². The van der Waals surface area contributed by atoms with E-state index in [9.17, 15) is 19.5 Å². The summed E-state index contributed by atoms with van der Waals surface area (Å²) < 4.78 is 44.7. The van der Waals surface area contributed by atoms with E-state index in [1.165, 1.54) is 20.3 Å². The Balaban J connectivity index is 1.35. The molecule has 18 nitrogen and oxygen atoms in total. The minimum atomic E-state index is -2.19. The Bertz CT molecular complexity index is 3070. The number of ether oxygens (including phenoxy) is 8. The van der Waals surface area contributed by atoms with E-state index in [1.807, 2.05) is 71.6 Å². The van der Waals surface area contributed by atoms with Gasteiger partial charge < -0.3 is 47.9 Å². The molecule has 1 spiro atoms. The Morgan fingerprint density at radius 1 is 0.750 bits per heavy atom. The van der Waals surface area contributed by atoms with Gasteiger partial charge in [-0.3, -0.25) is 28.9 Å². The SMILES string of the molecule is COCCOC(=O)N1C(=O)C2(c3cc(C#CCC(C(=O)OC)C(=O)OC)ccc31)C(C(=O)N1CCc3cc(OC)c(OC)cc3C1)C1C(=O)OC(c3ccccc3)C(c3ccccc3)N1C2c1cccc(OCCO)c1. The number of rotatable bonds is 15. The van der Waals surface area contributed by atoms with Gasteiger partial charge in [-0.2, -0.15) is 0 Å².